The highest BCUT2D eigenvalue weighted by molar-refractivity contribution is 7.71. The summed E-state index contributed by atoms with van der Waals surface area (Å²) in [6, 6.07) is 3.70. The molecule has 1 aliphatic heterocycles. The zero-order chi connectivity index (χ0) is 18.7. The molecule has 140 valence electrons. The average Bonchev–Trinajstić information content (AvgIpc) is 2.98. The van der Waals surface area contributed by atoms with Crippen molar-refractivity contribution in [2.24, 2.45) is 5.92 Å². The van der Waals surface area contributed by atoms with Gasteiger partial charge in [-0.3, -0.25) is 9.69 Å². The number of carbonyl (C=O) groups excluding carboxylic acids is 1. The Morgan fingerprint density at radius 1 is 1.46 bits per heavy atom. The highest BCUT2D eigenvalue weighted by Crippen LogP contribution is 2.19. The van der Waals surface area contributed by atoms with Crippen molar-refractivity contribution in [2.75, 3.05) is 18.4 Å². The molecule has 0 bridgehead atoms. The molecule has 3 rings (SSSR count). The lowest BCUT2D eigenvalue weighted by molar-refractivity contribution is -0.121. The summed E-state index contributed by atoms with van der Waals surface area (Å²) in [6.45, 7) is 6.36. The fourth-order valence-electron chi connectivity index (χ4n) is 3.07. The Balaban J connectivity index is 1.61. The van der Waals surface area contributed by atoms with Crippen molar-refractivity contribution >= 4 is 35.5 Å². The van der Waals surface area contributed by atoms with Gasteiger partial charge in [0.2, 0.25) is 5.91 Å². The molecule has 0 aliphatic carbocycles. The normalized spacial score (nSPS) is 18.2. The summed E-state index contributed by atoms with van der Waals surface area (Å²) in [5.74, 6) is 0.429. The SMILES string of the molecule is CC(C)n1cnn(CN2CCCC(C(=O)Nc3ccc(Cl)cn3)C2)c1=S. The number of aromatic nitrogens is 4. The van der Waals surface area contributed by atoms with E-state index < -0.39 is 0 Å². The minimum absolute atomic E-state index is 0.0131. The summed E-state index contributed by atoms with van der Waals surface area (Å²) >= 11 is 11.3. The Morgan fingerprint density at radius 2 is 2.27 bits per heavy atom. The number of hydrogen-bond donors (Lipinski definition) is 1. The number of pyridine rings is 1. The molecule has 0 aromatic carbocycles. The monoisotopic (exact) mass is 394 g/mol. The highest BCUT2D eigenvalue weighted by atomic mass is 35.5. The van der Waals surface area contributed by atoms with Gasteiger partial charge in [-0.15, -0.1) is 0 Å². The van der Waals surface area contributed by atoms with Gasteiger partial charge in [-0.25, -0.2) is 9.67 Å². The van der Waals surface area contributed by atoms with E-state index in [9.17, 15) is 4.79 Å². The molecule has 26 heavy (non-hydrogen) atoms. The number of amides is 1. The second kappa shape index (κ2) is 8.28. The van der Waals surface area contributed by atoms with Crippen molar-refractivity contribution < 1.29 is 4.79 Å². The first-order valence-electron chi connectivity index (χ1n) is 8.72. The van der Waals surface area contributed by atoms with Crippen LogP contribution in [-0.2, 0) is 11.5 Å². The van der Waals surface area contributed by atoms with E-state index in [-0.39, 0.29) is 17.9 Å². The molecule has 0 radical (unpaired) electrons. The molecule has 2 aromatic rings. The third-order valence-corrected chi connectivity index (χ3v) is 5.15. The molecule has 1 aliphatic rings. The van der Waals surface area contributed by atoms with Crippen molar-refractivity contribution in [3.05, 3.63) is 34.5 Å². The van der Waals surface area contributed by atoms with Crippen molar-refractivity contribution in [1.29, 1.82) is 0 Å². The molecule has 1 fully saturated rings. The van der Waals surface area contributed by atoms with E-state index in [0.29, 0.717) is 28.8 Å². The van der Waals surface area contributed by atoms with Crippen molar-refractivity contribution in [2.45, 2.75) is 39.4 Å². The van der Waals surface area contributed by atoms with Gasteiger partial charge in [-0.2, -0.15) is 5.10 Å². The summed E-state index contributed by atoms with van der Waals surface area (Å²) in [6.07, 6.45) is 5.12. The van der Waals surface area contributed by atoms with Crippen LogP contribution in [0, 0.1) is 10.7 Å². The van der Waals surface area contributed by atoms with Gasteiger partial charge in [0.05, 0.1) is 17.6 Å². The Bertz CT molecular complexity index is 815. The summed E-state index contributed by atoms with van der Waals surface area (Å²) in [4.78, 5) is 18.9. The molecule has 0 spiro atoms. The van der Waals surface area contributed by atoms with Gasteiger partial charge < -0.3 is 9.88 Å². The zero-order valence-corrected chi connectivity index (χ0v) is 16.5. The predicted octanol–water partition coefficient (Wildman–Crippen LogP) is 3.35. The number of halogens is 1. The summed E-state index contributed by atoms with van der Waals surface area (Å²) in [5, 5.41) is 7.80. The number of rotatable bonds is 5. The van der Waals surface area contributed by atoms with Crippen LogP contribution in [-0.4, -0.2) is 43.2 Å². The van der Waals surface area contributed by atoms with Gasteiger partial charge in [0.1, 0.15) is 12.1 Å². The molecule has 0 saturated carbocycles. The molecular formula is C17H23ClN6OS. The van der Waals surface area contributed by atoms with E-state index in [1.165, 1.54) is 6.20 Å². The molecule has 1 unspecified atom stereocenters. The largest absolute Gasteiger partial charge is 0.310 e. The molecule has 1 saturated heterocycles. The number of nitrogens with one attached hydrogen (secondary N) is 1. The van der Waals surface area contributed by atoms with Crippen LogP contribution in [0.3, 0.4) is 0 Å². The summed E-state index contributed by atoms with van der Waals surface area (Å²) in [7, 11) is 0. The van der Waals surface area contributed by atoms with E-state index in [1.54, 1.807) is 18.5 Å². The van der Waals surface area contributed by atoms with Crippen molar-refractivity contribution in [1.82, 2.24) is 24.2 Å². The first-order valence-corrected chi connectivity index (χ1v) is 9.51. The van der Waals surface area contributed by atoms with Crippen LogP contribution in [0.15, 0.2) is 24.7 Å². The third kappa shape index (κ3) is 4.49. The molecule has 1 atom stereocenters. The second-order valence-electron chi connectivity index (χ2n) is 6.82. The van der Waals surface area contributed by atoms with Crippen LogP contribution in [0.5, 0.6) is 0 Å². The van der Waals surface area contributed by atoms with Crippen LogP contribution in [0.4, 0.5) is 5.82 Å². The number of carbonyl (C=O) groups is 1. The lowest BCUT2D eigenvalue weighted by atomic mass is 9.97. The smallest absolute Gasteiger partial charge is 0.229 e. The summed E-state index contributed by atoms with van der Waals surface area (Å²) < 4.78 is 4.49. The Morgan fingerprint density at radius 3 is 2.92 bits per heavy atom. The molecule has 1 amide bonds. The molecule has 7 nitrogen and oxygen atoms in total. The van der Waals surface area contributed by atoms with E-state index in [2.05, 4.69) is 34.1 Å². The van der Waals surface area contributed by atoms with Crippen molar-refractivity contribution in [3.63, 3.8) is 0 Å². The first-order chi connectivity index (χ1) is 12.4. The fraction of sp³-hybridized carbons (Fsp3) is 0.529. The Kier molecular flexibility index (Phi) is 6.05. The maximum absolute atomic E-state index is 12.6. The first kappa shape index (κ1) is 19.0. The van der Waals surface area contributed by atoms with Gasteiger partial charge in [0.25, 0.3) is 0 Å². The second-order valence-corrected chi connectivity index (χ2v) is 7.62. The third-order valence-electron chi connectivity index (χ3n) is 4.50. The topological polar surface area (TPSA) is 68.0 Å². The summed E-state index contributed by atoms with van der Waals surface area (Å²) in [5.41, 5.74) is 0. The van der Waals surface area contributed by atoms with Crippen LogP contribution < -0.4 is 5.32 Å². The maximum Gasteiger partial charge on any atom is 0.229 e. The van der Waals surface area contributed by atoms with Gasteiger partial charge in [0.15, 0.2) is 4.77 Å². The molecular weight excluding hydrogens is 372 g/mol. The Labute approximate surface area is 163 Å². The van der Waals surface area contributed by atoms with Crippen LogP contribution in [0.25, 0.3) is 0 Å². The van der Waals surface area contributed by atoms with Gasteiger partial charge >= 0.3 is 0 Å². The predicted molar refractivity (Wildman–Crippen MR) is 104 cm³/mol. The molecule has 1 N–H and O–H groups in total. The zero-order valence-electron chi connectivity index (χ0n) is 14.9. The quantitative estimate of drug-likeness (QED) is 0.787. The molecule has 9 heteroatoms. The van der Waals surface area contributed by atoms with Crippen LogP contribution in [0.1, 0.15) is 32.7 Å². The molecule has 2 aromatic heterocycles. The number of piperidine rings is 1. The van der Waals surface area contributed by atoms with E-state index >= 15 is 0 Å². The standard InChI is InChI=1S/C17H23ClN6OS/c1-12(2)23-10-20-24(17(23)26)11-22-7-3-4-13(9-22)16(25)21-15-6-5-14(18)8-19-15/h5-6,8,10,12-13H,3-4,7,9,11H2,1-2H3,(H,19,21,25). The number of nitrogens with zero attached hydrogens (tertiary/aromatic N) is 5. The number of hydrogen-bond acceptors (Lipinski definition) is 5. The van der Waals surface area contributed by atoms with Gasteiger partial charge in [-0.05, 0) is 57.6 Å². The van der Waals surface area contributed by atoms with Gasteiger partial charge in [-0.1, -0.05) is 11.6 Å². The minimum Gasteiger partial charge on any atom is -0.310 e. The lowest BCUT2D eigenvalue weighted by Gasteiger charge is -2.31. The van der Waals surface area contributed by atoms with E-state index in [4.69, 9.17) is 23.8 Å². The maximum atomic E-state index is 12.6. The number of likely N-dealkylation sites (tertiary alicyclic amines) is 1. The van der Waals surface area contributed by atoms with Crippen molar-refractivity contribution in [3.8, 4) is 0 Å². The Hall–Kier alpha value is -1.77. The number of anilines is 1. The van der Waals surface area contributed by atoms with Crippen LogP contribution >= 0.6 is 23.8 Å². The average molecular weight is 395 g/mol. The fourth-order valence-corrected chi connectivity index (χ4v) is 3.54. The minimum atomic E-state index is -0.0809. The van der Waals surface area contributed by atoms with Gasteiger partial charge in [0, 0.05) is 18.8 Å². The molecule has 3 heterocycles. The van der Waals surface area contributed by atoms with E-state index in [0.717, 1.165) is 19.4 Å². The lowest BCUT2D eigenvalue weighted by Crippen LogP contribution is -2.41. The van der Waals surface area contributed by atoms with E-state index in [1.807, 2.05) is 9.25 Å². The highest BCUT2D eigenvalue weighted by Gasteiger charge is 2.26. The van der Waals surface area contributed by atoms with Crippen LogP contribution in [0.2, 0.25) is 5.02 Å².